The first-order valence-corrected chi connectivity index (χ1v) is 6.71. The summed E-state index contributed by atoms with van der Waals surface area (Å²) < 4.78 is 14.5. The van der Waals surface area contributed by atoms with Gasteiger partial charge in [0.05, 0.1) is 10.6 Å². The lowest BCUT2D eigenvalue weighted by molar-refractivity contribution is 0.0947. The Morgan fingerprint density at radius 1 is 1.21 bits per heavy atom. The summed E-state index contributed by atoms with van der Waals surface area (Å²) in [6.45, 7) is 0.316. The molecule has 2 rings (SSSR count). The molecule has 0 heterocycles. The molecule has 0 aliphatic rings. The van der Waals surface area contributed by atoms with Crippen LogP contribution in [0.15, 0.2) is 46.9 Å². The van der Waals surface area contributed by atoms with Crippen molar-refractivity contribution in [3.63, 3.8) is 0 Å². The Balaban J connectivity index is 2.07. The highest BCUT2D eigenvalue weighted by molar-refractivity contribution is 9.10. The van der Waals surface area contributed by atoms with E-state index in [1.165, 1.54) is 18.2 Å². The number of nitrogens with one attached hydrogen (secondary N) is 1. The Morgan fingerprint density at radius 2 is 1.89 bits per heavy atom. The van der Waals surface area contributed by atoms with E-state index < -0.39 is 11.7 Å². The molecule has 1 N–H and O–H groups in total. The van der Waals surface area contributed by atoms with E-state index in [9.17, 15) is 9.18 Å². The van der Waals surface area contributed by atoms with Gasteiger partial charge in [-0.15, -0.1) is 0 Å². The van der Waals surface area contributed by atoms with Crippen LogP contribution in [0, 0.1) is 5.82 Å². The van der Waals surface area contributed by atoms with Crippen molar-refractivity contribution in [2.24, 2.45) is 0 Å². The van der Waals surface area contributed by atoms with Crippen molar-refractivity contribution >= 4 is 33.4 Å². The summed E-state index contributed by atoms with van der Waals surface area (Å²) in [4.78, 5) is 11.9. The Hall–Kier alpha value is -1.39. The van der Waals surface area contributed by atoms with Crippen LogP contribution >= 0.6 is 27.5 Å². The Labute approximate surface area is 123 Å². The van der Waals surface area contributed by atoms with Gasteiger partial charge in [0.2, 0.25) is 0 Å². The monoisotopic (exact) mass is 341 g/mol. The van der Waals surface area contributed by atoms with Crippen LogP contribution in [0.4, 0.5) is 4.39 Å². The fourth-order valence-electron chi connectivity index (χ4n) is 1.59. The number of carbonyl (C=O) groups excluding carboxylic acids is 1. The van der Waals surface area contributed by atoms with Crippen molar-refractivity contribution in [1.29, 1.82) is 0 Å². The largest absolute Gasteiger partial charge is 0.348 e. The number of benzene rings is 2. The van der Waals surface area contributed by atoms with Gasteiger partial charge in [-0.2, -0.15) is 0 Å². The summed E-state index contributed by atoms with van der Waals surface area (Å²) in [5.74, 6) is -1.15. The summed E-state index contributed by atoms with van der Waals surface area (Å²) in [6.07, 6.45) is 0. The highest BCUT2D eigenvalue weighted by Crippen LogP contribution is 2.19. The highest BCUT2D eigenvalue weighted by atomic mass is 79.9. The van der Waals surface area contributed by atoms with Crippen molar-refractivity contribution < 1.29 is 9.18 Å². The summed E-state index contributed by atoms with van der Waals surface area (Å²) in [5, 5.41) is 2.74. The molecular formula is C14H10BrClFNO. The standard InChI is InChI=1S/C14H10BrClFNO/c15-10-6-4-9(5-7-10)8-18-14(19)13-11(16)2-1-3-12(13)17/h1-7H,8H2,(H,18,19). The molecule has 0 saturated heterocycles. The van der Waals surface area contributed by atoms with Crippen molar-refractivity contribution in [3.05, 3.63) is 68.9 Å². The minimum absolute atomic E-state index is 0.105. The summed E-state index contributed by atoms with van der Waals surface area (Å²) in [7, 11) is 0. The van der Waals surface area contributed by atoms with Gasteiger partial charge < -0.3 is 5.32 Å². The topological polar surface area (TPSA) is 29.1 Å². The fourth-order valence-corrected chi connectivity index (χ4v) is 2.10. The number of hydrogen-bond donors (Lipinski definition) is 1. The first-order chi connectivity index (χ1) is 9.08. The van der Waals surface area contributed by atoms with Crippen LogP contribution in [0.3, 0.4) is 0 Å². The number of amides is 1. The normalized spacial score (nSPS) is 10.3. The van der Waals surface area contributed by atoms with Gasteiger partial charge in [0.25, 0.3) is 5.91 Å². The third kappa shape index (κ3) is 3.55. The van der Waals surface area contributed by atoms with E-state index in [1.807, 2.05) is 24.3 Å². The molecule has 2 aromatic carbocycles. The van der Waals surface area contributed by atoms with Crippen molar-refractivity contribution in [3.8, 4) is 0 Å². The minimum Gasteiger partial charge on any atom is -0.348 e. The van der Waals surface area contributed by atoms with Crippen molar-refractivity contribution in [2.75, 3.05) is 0 Å². The minimum atomic E-state index is -0.624. The molecule has 0 saturated carbocycles. The number of halogens is 3. The molecule has 0 bridgehead atoms. The summed E-state index contributed by atoms with van der Waals surface area (Å²) >= 11 is 9.15. The molecule has 0 aromatic heterocycles. The second-order valence-electron chi connectivity index (χ2n) is 3.91. The highest BCUT2D eigenvalue weighted by Gasteiger charge is 2.15. The Bertz CT molecular complexity index is 581. The maximum Gasteiger partial charge on any atom is 0.256 e. The number of carbonyl (C=O) groups is 1. The van der Waals surface area contributed by atoms with Crippen LogP contribution in [0.25, 0.3) is 0 Å². The van der Waals surface area contributed by atoms with E-state index in [4.69, 9.17) is 11.6 Å². The molecule has 0 radical (unpaired) electrons. The number of rotatable bonds is 3. The molecule has 98 valence electrons. The molecule has 0 spiro atoms. The fraction of sp³-hybridized carbons (Fsp3) is 0.0714. The molecular weight excluding hydrogens is 333 g/mol. The quantitative estimate of drug-likeness (QED) is 0.891. The van der Waals surface area contributed by atoms with Gasteiger partial charge in [-0.3, -0.25) is 4.79 Å². The zero-order valence-electron chi connectivity index (χ0n) is 9.79. The molecule has 0 atom stereocenters. The van der Waals surface area contributed by atoms with Crippen LogP contribution in [-0.2, 0) is 6.54 Å². The lowest BCUT2D eigenvalue weighted by Gasteiger charge is -2.07. The Kier molecular flexibility index (Phi) is 4.56. The van der Waals surface area contributed by atoms with Crippen LogP contribution < -0.4 is 5.32 Å². The summed E-state index contributed by atoms with van der Waals surface area (Å²) in [6, 6.07) is 11.6. The van der Waals surface area contributed by atoms with Gasteiger partial charge >= 0.3 is 0 Å². The maximum absolute atomic E-state index is 13.5. The lowest BCUT2D eigenvalue weighted by atomic mass is 10.2. The second-order valence-corrected chi connectivity index (χ2v) is 5.23. The lowest BCUT2D eigenvalue weighted by Crippen LogP contribution is -2.24. The predicted molar refractivity (Wildman–Crippen MR) is 76.7 cm³/mol. The van der Waals surface area contributed by atoms with E-state index >= 15 is 0 Å². The van der Waals surface area contributed by atoms with Gasteiger partial charge in [-0.25, -0.2) is 4.39 Å². The van der Waals surface area contributed by atoms with Crippen LogP contribution in [0.5, 0.6) is 0 Å². The molecule has 2 nitrogen and oxygen atoms in total. The van der Waals surface area contributed by atoms with Crippen molar-refractivity contribution in [2.45, 2.75) is 6.54 Å². The smallest absolute Gasteiger partial charge is 0.256 e. The number of hydrogen-bond acceptors (Lipinski definition) is 1. The average molecular weight is 343 g/mol. The third-order valence-electron chi connectivity index (χ3n) is 2.56. The van der Waals surface area contributed by atoms with Gasteiger partial charge in [-0.05, 0) is 29.8 Å². The average Bonchev–Trinajstić information content (AvgIpc) is 2.38. The molecule has 0 fully saturated rings. The van der Waals surface area contributed by atoms with E-state index in [2.05, 4.69) is 21.2 Å². The van der Waals surface area contributed by atoms with E-state index in [0.29, 0.717) is 6.54 Å². The third-order valence-corrected chi connectivity index (χ3v) is 3.40. The Morgan fingerprint density at radius 3 is 2.53 bits per heavy atom. The zero-order chi connectivity index (χ0) is 13.8. The van der Waals surface area contributed by atoms with Crippen LogP contribution in [0.2, 0.25) is 5.02 Å². The van der Waals surface area contributed by atoms with Crippen LogP contribution in [-0.4, -0.2) is 5.91 Å². The molecule has 0 unspecified atom stereocenters. The second kappa shape index (κ2) is 6.17. The maximum atomic E-state index is 13.5. The zero-order valence-corrected chi connectivity index (χ0v) is 12.1. The van der Waals surface area contributed by atoms with Crippen LogP contribution in [0.1, 0.15) is 15.9 Å². The first-order valence-electron chi connectivity index (χ1n) is 5.54. The molecule has 0 aliphatic heterocycles. The molecule has 19 heavy (non-hydrogen) atoms. The van der Waals surface area contributed by atoms with E-state index in [-0.39, 0.29) is 10.6 Å². The molecule has 2 aromatic rings. The first kappa shape index (κ1) is 14.0. The summed E-state index contributed by atoms with van der Waals surface area (Å²) in [5.41, 5.74) is 0.797. The van der Waals surface area contributed by atoms with Crippen molar-refractivity contribution in [1.82, 2.24) is 5.32 Å². The van der Waals surface area contributed by atoms with E-state index in [1.54, 1.807) is 0 Å². The molecule has 1 amide bonds. The SMILES string of the molecule is O=C(NCc1ccc(Br)cc1)c1c(F)cccc1Cl. The van der Waals surface area contributed by atoms with Gasteiger partial charge in [0.1, 0.15) is 5.82 Å². The van der Waals surface area contributed by atoms with Gasteiger partial charge in [-0.1, -0.05) is 45.7 Å². The van der Waals surface area contributed by atoms with Gasteiger partial charge in [0.15, 0.2) is 0 Å². The predicted octanol–water partition coefficient (Wildman–Crippen LogP) is 4.17. The van der Waals surface area contributed by atoms with Gasteiger partial charge in [0, 0.05) is 11.0 Å². The van der Waals surface area contributed by atoms with E-state index in [0.717, 1.165) is 10.0 Å². The molecule has 5 heteroatoms. The molecule has 0 aliphatic carbocycles.